The van der Waals surface area contributed by atoms with Crippen LogP contribution in [-0.2, 0) is 7.05 Å². The third kappa shape index (κ3) is 3.07. The molecule has 1 aromatic heterocycles. The fourth-order valence-corrected chi connectivity index (χ4v) is 2.62. The van der Waals surface area contributed by atoms with Crippen molar-refractivity contribution in [1.82, 2.24) is 19.6 Å². The number of nitrogens with zero attached hydrogens (tertiary/aromatic N) is 4. The number of hydrogen-bond acceptors (Lipinski definition) is 4. The Labute approximate surface area is 114 Å². The van der Waals surface area contributed by atoms with Crippen LogP contribution >= 0.6 is 0 Å². The number of likely N-dealkylation sites (tertiary alicyclic amines) is 1. The van der Waals surface area contributed by atoms with Crippen LogP contribution < -0.4 is 5.73 Å². The van der Waals surface area contributed by atoms with Crippen molar-refractivity contribution < 1.29 is 4.79 Å². The molecular weight excluding hydrogens is 242 g/mol. The Hall–Kier alpha value is -1.56. The quantitative estimate of drug-likeness (QED) is 0.860. The summed E-state index contributed by atoms with van der Waals surface area (Å²) in [5, 5.41) is 4.02. The molecule has 106 valence electrons. The molecule has 2 rings (SSSR count). The Kier molecular flexibility index (Phi) is 4.09. The van der Waals surface area contributed by atoms with E-state index in [1.165, 1.54) is 4.68 Å². The van der Waals surface area contributed by atoms with Crippen LogP contribution in [0.25, 0.3) is 0 Å². The average molecular weight is 265 g/mol. The minimum atomic E-state index is 0.00824. The van der Waals surface area contributed by atoms with E-state index in [4.69, 9.17) is 5.73 Å². The molecule has 0 radical (unpaired) electrons. The predicted molar refractivity (Wildman–Crippen MR) is 74.8 cm³/mol. The predicted octanol–water partition coefficient (Wildman–Crippen LogP) is 0.416. The van der Waals surface area contributed by atoms with Crippen LogP contribution in [0.4, 0.5) is 5.82 Å². The first-order chi connectivity index (χ1) is 8.99. The van der Waals surface area contributed by atoms with Crippen molar-refractivity contribution >= 4 is 11.7 Å². The number of nitrogen functional groups attached to an aromatic ring is 1. The second-order valence-electron chi connectivity index (χ2n) is 5.56. The van der Waals surface area contributed by atoms with Gasteiger partial charge in [0.25, 0.3) is 5.91 Å². The summed E-state index contributed by atoms with van der Waals surface area (Å²) in [6.45, 7) is 2.72. The number of carbonyl (C=O) groups is 1. The maximum atomic E-state index is 12.3. The van der Waals surface area contributed by atoms with Gasteiger partial charge in [-0.05, 0) is 32.9 Å². The molecular formula is C13H23N5O. The molecule has 0 spiro atoms. The first-order valence-corrected chi connectivity index (χ1v) is 6.70. The van der Waals surface area contributed by atoms with Crippen molar-refractivity contribution in [2.24, 2.45) is 13.0 Å². The Morgan fingerprint density at radius 2 is 2.11 bits per heavy atom. The number of aryl methyl sites for hydroxylation is 1. The van der Waals surface area contributed by atoms with Gasteiger partial charge in [0.05, 0.1) is 6.20 Å². The Morgan fingerprint density at radius 1 is 1.47 bits per heavy atom. The molecule has 1 aliphatic heterocycles. The second kappa shape index (κ2) is 5.61. The van der Waals surface area contributed by atoms with Gasteiger partial charge >= 0.3 is 0 Å². The Bertz CT molecular complexity index is 446. The fourth-order valence-electron chi connectivity index (χ4n) is 2.62. The lowest BCUT2D eigenvalue weighted by Crippen LogP contribution is -2.40. The SMILES string of the molecule is CN(C)CC1CCN(C(=O)c2cnn(C)c2N)CC1. The lowest BCUT2D eigenvalue weighted by Gasteiger charge is -2.33. The molecule has 0 unspecified atom stereocenters. The number of aromatic nitrogens is 2. The molecule has 1 aliphatic rings. The maximum absolute atomic E-state index is 12.3. The minimum Gasteiger partial charge on any atom is -0.383 e. The van der Waals surface area contributed by atoms with Crippen molar-refractivity contribution in [1.29, 1.82) is 0 Å². The topological polar surface area (TPSA) is 67.4 Å². The van der Waals surface area contributed by atoms with Gasteiger partial charge < -0.3 is 15.5 Å². The standard InChI is InChI=1S/C13H23N5O/c1-16(2)9-10-4-6-18(7-5-10)13(19)11-8-15-17(3)12(11)14/h8,10H,4-7,9,14H2,1-3H3. The largest absolute Gasteiger partial charge is 0.383 e. The van der Waals surface area contributed by atoms with Crippen LogP contribution in [0.15, 0.2) is 6.20 Å². The lowest BCUT2D eigenvalue weighted by molar-refractivity contribution is 0.0679. The molecule has 6 nitrogen and oxygen atoms in total. The molecule has 2 N–H and O–H groups in total. The van der Waals surface area contributed by atoms with E-state index in [1.807, 2.05) is 4.90 Å². The first kappa shape index (κ1) is 13.9. The van der Waals surface area contributed by atoms with Crippen LogP contribution in [0.3, 0.4) is 0 Å². The number of nitrogens with two attached hydrogens (primary N) is 1. The summed E-state index contributed by atoms with van der Waals surface area (Å²) < 4.78 is 1.53. The van der Waals surface area contributed by atoms with Gasteiger partial charge in [0.15, 0.2) is 0 Å². The Morgan fingerprint density at radius 3 is 2.58 bits per heavy atom. The van der Waals surface area contributed by atoms with Gasteiger partial charge in [-0.2, -0.15) is 5.10 Å². The highest BCUT2D eigenvalue weighted by atomic mass is 16.2. The van der Waals surface area contributed by atoms with Gasteiger partial charge in [0.2, 0.25) is 0 Å². The summed E-state index contributed by atoms with van der Waals surface area (Å²) in [5.74, 6) is 1.14. The molecule has 19 heavy (non-hydrogen) atoms. The molecule has 0 bridgehead atoms. The van der Waals surface area contributed by atoms with Gasteiger partial charge in [0, 0.05) is 26.7 Å². The summed E-state index contributed by atoms with van der Waals surface area (Å²) in [5.41, 5.74) is 6.37. The van der Waals surface area contributed by atoms with E-state index in [2.05, 4.69) is 24.1 Å². The maximum Gasteiger partial charge on any atom is 0.259 e. The zero-order valence-corrected chi connectivity index (χ0v) is 12.0. The van der Waals surface area contributed by atoms with Gasteiger partial charge in [-0.25, -0.2) is 0 Å². The molecule has 0 aromatic carbocycles. The van der Waals surface area contributed by atoms with Gasteiger partial charge in [-0.15, -0.1) is 0 Å². The summed E-state index contributed by atoms with van der Waals surface area (Å²) in [7, 11) is 5.93. The number of amides is 1. The fraction of sp³-hybridized carbons (Fsp3) is 0.692. The van der Waals surface area contributed by atoms with Gasteiger partial charge in [-0.1, -0.05) is 0 Å². The molecule has 0 saturated carbocycles. The molecule has 1 fully saturated rings. The third-order valence-corrected chi connectivity index (χ3v) is 3.74. The smallest absolute Gasteiger partial charge is 0.259 e. The van der Waals surface area contributed by atoms with Crippen molar-refractivity contribution in [3.8, 4) is 0 Å². The molecule has 2 heterocycles. The summed E-state index contributed by atoms with van der Waals surface area (Å²) in [6, 6.07) is 0. The van der Waals surface area contributed by atoms with E-state index in [-0.39, 0.29) is 5.91 Å². The van der Waals surface area contributed by atoms with E-state index in [1.54, 1.807) is 13.2 Å². The van der Waals surface area contributed by atoms with Crippen molar-refractivity contribution in [2.45, 2.75) is 12.8 Å². The summed E-state index contributed by atoms with van der Waals surface area (Å²) in [6.07, 6.45) is 3.68. The molecule has 1 saturated heterocycles. The average Bonchev–Trinajstić information content (AvgIpc) is 2.69. The van der Waals surface area contributed by atoms with E-state index in [9.17, 15) is 4.79 Å². The van der Waals surface area contributed by atoms with Gasteiger partial charge in [-0.3, -0.25) is 9.48 Å². The van der Waals surface area contributed by atoms with Crippen LogP contribution in [0.2, 0.25) is 0 Å². The number of hydrogen-bond donors (Lipinski definition) is 1. The van der Waals surface area contributed by atoms with Crippen molar-refractivity contribution in [3.63, 3.8) is 0 Å². The highest BCUT2D eigenvalue weighted by molar-refractivity contribution is 5.98. The van der Waals surface area contributed by atoms with E-state index < -0.39 is 0 Å². The highest BCUT2D eigenvalue weighted by Crippen LogP contribution is 2.21. The van der Waals surface area contributed by atoms with Crippen LogP contribution in [0.1, 0.15) is 23.2 Å². The lowest BCUT2D eigenvalue weighted by atomic mass is 9.96. The highest BCUT2D eigenvalue weighted by Gasteiger charge is 2.26. The first-order valence-electron chi connectivity index (χ1n) is 6.70. The Balaban J connectivity index is 1.94. The summed E-state index contributed by atoms with van der Waals surface area (Å²) >= 11 is 0. The van der Waals surface area contributed by atoms with E-state index >= 15 is 0 Å². The number of piperidine rings is 1. The normalized spacial score (nSPS) is 17.2. The monoisotopic (exact) mass is 265 g/mol. The van der Waals surface area contributed by atoms with Gasteiger partial charge in [0.1, 0.15) is 11.4 Å². The molecule has 0 aliphatic carbocycles. The second-order valence-corrected chi connectivity index (χ2v) is 5.56. The minimum absolute atomic E-state index is 0.00824. The zero-order valence-electron chi connectivity index (χ0n) is 12.0. The number of anilines is 1. The number of carbonyl (C=O) groups excluding carboxylic acids is 1. The van der Waals surface area contributed by atoms with Crippen LogP contribution in [0.5, 0.6) is 0 Å². The zero-order chi connectivity index (χ0) is 14.0. The number of rotatable bonds is 3. The van der Waals surface area contributed by atoms with Crippen LogP contribution in [0, 0.1) is 5.92 Å². The van der Waals surface area contributed by atoms with Crippen molar-refractivity contribution in [3.05, 3.63) is 11.8 Å². The molecule has 1 amide bonds. The molecule has 6 heteroatoms. The summed E-state index contributed by atoms with van der Waals surface area (Å²) in [4.78, 5) is 16.4. The third-order valence-electron chi connectivity index (χ3n) is 3.74. The van der Waals surface area contributed by atoms with E-state index in [0.29, 0.717) is 17.3 Å². The molecule has 0 atom stereocenters. The van der Waals surface area contributed by atoms with E-state index in [0.717, 1.165) is 32.5 Å². The molecule has 1 aromatic rings. The van der Waals surface area contributed by atoms with Crippen molar-refractivity contribution in [2.75, 3.05) is 39.5 Å². The van der Waals surface area contributed by atoms with Crippen LogP contribution in [-0.4, -0.2) is 59.2 Å².